The Morgan fingerprint density at radius 2 is 2.03 bits per heavy atom. The van der Waals surface area contributed by atoms with Gasteiger partial charge in [-0.1, -0.05) is 6.92 Å². The largest absolute Gasteiger partial charge is 0.495 e. The molecular formula is C21H20N4O5. The van der Waals surface area contributed by atoms with E-state index in [9.17, 15) is 19.7 Å². The van der Waals surface area contributed by atoms with Crippen molar-refractivity contribution in [3.8, 4) is 17.1 Å². The van der Waals surface area contributed by atoms with E-state index < -0.39 is 4.92 Å². The first-order valence-electron chi connectivity index (χ1n) is 9.62. The van der Waals surface area contributed by atoms with Crippen LogP contribution in [0.4, 0.5) is 5.69 Å². The number of nitro groups is 1. The molecular weight excluding hydrogens is 388 g/mol. The number of hydrogen-bond donors (Lipinski definition) is 1. The molecule has 3 aromatic rings. The summed E-state index contributed by atoms with van der Waals surface area (Å²) in [6, 6.07) is 5.62. The molecule has 2 aromatic heterocycles. The molecule has 2 heterocycles. The van der Waals surface area contributed by atoms with Crippen LogP contribution in [0.2, 0.25) is 0 Å². The van der Waals surface area contributed by atoms with Crippen molar-refractivity contribution in [1.82, 2.24) is 14.9 Å². The zero-order chi connectivity index (χ0) is 21.4. The molecule has 154 valence electrons. The molecule has 0 saturated heterocycles. The van der Waals surface area contributed by atoms with Gasteiger partial charge < -0.3 is 14.6 Å². The van der Waals surface area contributed by atoms with E-state index in [2.05, 4.69) is 10.3 Å². The van der Waals surface area contributed by atoms with Crippen LogP contribution in [0.3, 0.4) is 0 Å². The number of nitrogens with zero attached hydrogens (tertiary/aromatic N) is 3. The Bertz CT molecular complexity index is 1250. The van der Waals surface area contributed by atoms with E-state index in [0.717, 1.165) is 6.54 Å². The average Bonchev–Trinajstić information content (AvgIpc) is 3.04. The Kier molecular flexibility index (Phi) is 5.04. The maximum atomic E-state index is 13.3. The lowest BCUT2D eigenvalue weighted by Crippen LogP contribution is -2.25. The number of hydrogen-bond acceptors (Lipinski definition) is 7. The number of aromatic nitrogens is 2. The number of carbonyl (C=O) groups is 1. The third kappa shape index (κ3) is 3.03. The second-order valence-corrected chi connectivity index (χ2v) is 6.97. The van der Waals surface area contributed by atoms with E-state index in [0.29, 0.717) is 53.2 Å². The fourth-order valence-electron chi connectivity index (χ4n) is 3.83. The van der Waals surface area contributed by atoms with Gasteiger partial charge in [-0.25, -0.2) is 0 Å². The van der Waals surface area contributed by atoms with Gasteiger partial charge in [-0.2, -0.15) is 0 Å². The summed E-state index contributed by atoms with van der Waals surface area (Å²) < 4.78 is 6.71. The Labute approximate surface area is 171 Å². The number of benzene rings is 1. The third-order valence-electron chi connectivity index (χ3n) is 5.25. The van der Waals surface area contributed by atoms with E-state index in [1.165, 1.54) is 36.1 Å². The van der Waals surface area contributed by atoms with Crippen molar-refractivity contribution in [2.75, 3.05) is 20.2 Å². The summed E-state index contributed by atoms with van der Waals surface area (Å²) in [7, 11) is 1.49. The van der Waals surface area contributed by atoms with Crippen LogP contribution in [0.15, 0.2) is 35.3 Å². The Morgan fingerprint density at radius 1 is 1.23 bits per heavy atom. The van der Waals surface area contributed by atoms with Gasteiger partial charge in [0.2, 0.25) is 0 Å². The minimum Gasteiger partial charge on any atom is -0.495 e. The fourth-order valence-corrected chi connectivity index (χ4v) is 3.83. The van der Waals surface area contributed by atoms with Crippen molar-refractivity contribution in [2.24, 2.45) is 0 Å². The van der Waals surface area contributed by atoms with Gasteiger partial charge in [0.1, 0.15) is 5.75 Å². The van der Waals surface area contributed by atoms with Gasteiger partial charge in [0.05, 0.1) is 46.1 Å². The summed E-state index contributed by atoms with van der Waals surface area (Å²) in [5.41, 5.74) is 1.02. The summed E-state index contributed by atoms with van der Waals surface area (Å²) in [4.78, 5) is 41.7. The molecule has 30 heavy (non-hydrogen) atoms. The molecule has 0 atom stereocenters. The molecule has 1 aromatic carbocycles. The monoisotopic (exact) mass is 408 g/mol. The summed E-state index contributed by atoms with van der Waals surface area (Å²) in [6.45, 7) is 3.85. The minimum absolute atomic E-state index is 0.152. The molecule has 1 N–H and O–H groups in total. The molecule has 9 heteroatoms. The fraction of sp³-hybridized carbons (Fsp3) is 0.286. The van der Waals surface area contributed by atoms with Crippen molar-refractivity contribution in [2.45, 2.75) is 19.9 Å². The van der Waals surface area contributed by atoms with Crippen LogP contribution in [0.25, 0.3) is 22.2 Å². The molecule has 0 bridgehead atoms. The number of pyridine rings is 2. The highest BCUT2D eigenvalue weighted by Crippen LogP contribution is 2.39. The number of non-ortho nitro benzene ring substituents is 1. The lowest BCUT2D eigenvalue weighted by Gasteiger charge is -2.14. The number of methoxy groups -OCH3 is 1. The summed E-state index contributed by atoms with van der Waals surface area (Å²) in [5, 5.41) is 15.0. The molecule has 0 amide bonds. The number of carbonyl (C=O) groups excluding carboxylic acids is 1. The van der Waals surface area contributed by atoms with Gasteiger partial charge in [-0.05, 0) is 31.6 Å². The van der Waals surface area contributed by atoms with Gasteiger partial charge in [-0.15, -0.1) is 0 Å². The molecule has 0 unspecified atom stereocenters. The first-order chi connectivity index (χ1) is 14.5. The molecule has 1 aliphatic carbocycles. The Hall–Kier alpha value is -3.59. The third-order valence-corrected chi connectivity index (χ3v) is 5.25. The summed E-state index contributed by atoms with van der Waals surface area (Å²) in [5.74, 6) is 0.168. The van der Waals surface area contributed by atoms with Crippen molar-refractivity contribution in [1.29, 1.82) is 0 Å². The van der Waals surface area contributed by atoms with Gasteiger partial charge in [0, 0.05) is 24.1 Å². The predicted octanol–water partition coefficient (Wildman–Crippen LogP) is 2.52. The van der Waals surface area contributed by atoms with Crippen LogP contribution in [0, 0.1) is 10.1 Å². The van der Waals surface area contributed by atoms with Crippen molar-refractivity contribution < 1.29 is 14.5 Å². The smallest absolute Gasteiger partial charge is 0.270 e. The van der Waals surface area contributed by atoms with E-state index in [1.54, 1.807) is 6.07 Å². The van der Waals surface area contributed by atoms with E-state index >= 15 is 0 Å². The quantitative estimate of drug-likeness (QED) is 0.284. The van der Waals surface area contributed by atoms with Crippen LogP contribution < -0.4 is 15.6 Å². The number of fused-ring (bicyclic) bond motifs is 5. The number of ether oxygens (including phenoxy) is 1. The molecule has 0 saturated carbocycles. The topological polar surface area (TPSA) is 116 Å². The second-order valence-electron chi connectivity index (χ2n) is 6.97. The first kappa shape index (κ1) is 19.7. The first-order valence-corrected chi connectivity index (χ1v) is 9.62. The van der Waals surface area contributed by atoms with Gasteiger partial charge in [0.15, 0.2) is 5.78 Å². The van der Waals surface area contributed by atoms with Crippen LogP contribution in [0.1, 0.15) is 29.3 Å². The molecule has 0 spiro atoms. The number of nitrogens with one attached hydrogen (secondary N) is 1. The number of nitro benzene ring substituents is 1. The number of rotatable bonds is 7. The van der Waals surface area contributed by atoms with Crippen LogP contribution >= 0.6 is 0 Å². The SMILES string of the molecule is CCNCCCn1c2c(c3ccc([N+](=O)[O-])cc3c1=O)C(=O)c1cc(OC)cnc1-2. The molecule has 0 aliphatic heterocycles. The molecule has 0 radical (unpaired) electrons. The Morgan fingerprint density at radius 3 is 2.73 bits per heavy atom. The van der Waals surface area contributed by atoms with Gasteiger partial charge >= 0.3 is 0 Å². The zero-order valence-corrected chi connectivity index (χ0v) is 16.6. The minimum atomic E-state index is -0.551. The maximum Gasteiger partial charge on any atom is 0.270 e. The van der Waals surface area contributed by atoms with Crippen molar-refractivity contribution >= 4 is 22.2 Å². The van der Waals surface area contributed by atoms with Crippen LogP contribution in [-0.4, -0.2) is 40.5 Å². The highest BCUT2D eigenvalue weighted by Gasteiger charge is 2.34. The zero-order valence-electron chi connectivity index (χ0n) is 16.6. The molecule has 4 rings (SSSR count). The molecule has 0 fully saturated rings. The maximum absolute atomic E-state index is 13.3. The van der Waals surface area contributed by atoms with E-state index in [-0.39, 0.29) is 22.4 Å². The standard InChI is InChI=1S/C21H20N4O5/c1-3-22-7-4-8-24-19-17(20(26)16-10-13(30-2)11-23-18(16)19)14-6-5-12(25(28)29)9-15(14)21(24)27/h5-6,9-11,22H,3-4,7-8H2,1-2H3. The van der Waals surface area contributed by atoms with Crippen LogP contribution in [0.5, 0.6) is 5.75 Å². The van der Waals surface area contributed by atoms with Gasteiger partial charge in [-0.3, -0.25) is 24.7 Å². The normalized spacial score (nSPS) is 12.1. The van der Waals surface area contributed by atoms with Crippen molar-refractivity contribution in [3.63, 3.8) is 0 Å². The van der Waals surface area contributed by atoms with E-state index in [1.807, 2.05) is 6.92 Å². The lowest BCUT2D eigenvalue weighted by molar-refractivity contribution is -0.384. The predicted molar refractivity (Wildman–Crippen MR) is 111 cm³/mol. The number of ketones is 1. The average molecular weight is 408 g/mol. The van der Waals surface area contributed by atoms with Crippen molar-refractivity contribution in [3.05, 3.63) is 62.1 Å². The van der Waals surface area contributed by atoms with Gasteiger partial charge in [0.25, 0.3) is 11.2 Å². The molecule has 1 aliphatic rings. The summed E-state index contributed by atoms with van der Waals surface area (Å²) in [6.07, 6.45) is 2.16. The Balaban J connectivity index is 2.00. The highest BCUT2D eigenvalue weighted by molar-refractivity contribution is 6.26. The van der Waals surface area contributed by atoms with Crippen LogP contribution in [-0.2, 0) is 6.54 Å². The lowest BCUT2D eigenvalue weighted by atomic mass is 10.0. The summed E-state index contributed by atoms with van der Waals surface area (Å²) >= 11 is 0. The van der Waals surface area contributed by atoms with E-state index in [4.69, 9.17) is 4.74 Å². The second kappa shape index (κ2) is 7.68. The molecule has 9 nitrogen and oxygen atoms in total. The highest BCUT2D eigenvalue weighted by atomic mass is 16.6.